The summed E-state index contributed by atoms with van der Waals surface area (Å²) in [6.45, 7) is 9.76. The molecule has 96 valence electrons. The van der Waals surface area contributed by atoms with Gasteiger partial charge in [-0.25, -0.2) is 0 Å². The number of hydrogen-bond donors (Lipinski definition) is 0. The van der Waals surface area contributed by atoms with Crippen molar-refractivity contribution in [2.45, 2.75) is 78.2 Å². The maximum atomic E-state index is 2.80. The van der Waals surface area contributed by atoms with Crippen LogP contribution in [0.2, 0.25) is 0 Å². The molecule has 0 unspecified atom stereocenters. The van der Waals surface area contributed by atoms with Crippen LogP contribution in [0.25, 0.3) is 0 Å². The van der Waals surface area contributed by atoms with Gasteiger partial charge in [-0.1, -0.05) is 46.5 Å². The largest absolute Gasteiger partial charge is 0.300 e. The minimum atomic E-state index is 0.895. The van der Waals surface area contributed by atoms with Crippen LogP contribution in [0.3, 0.4) is 0 Å². The lowest BCUT2D eigenvalue weighted by atomic mass is 9.84. The van der Waals surface area contributed by atoms with E-state index in [0.29, 0.717) is 0 Å². The van der Waals surface area contributed by atoms with E-state index in [9.17, 15) is 0 Å². The normalized spacial score (nSPS) is 26.2. The molecule has 1 rings (SSSR count). The zero-order valence-electron chi connectivity index (χ0n) is 11.7. The quantitative estimate of drug-likeness (QED) is 0.618. The van der Waals surface area contributed by atoms with Crippen LogP contribution in [0.4, 0.5) is 0 Å². The predicted octanol–water partition coefficient (Wildman–Crippen LogP) is 4.47. The maximum absolute atomic E-state index is 2.80. The molecule has 0 amide bonds. The number of hydrogen-bond acceptors (Lipinski definition) is 1. The summed E-state index contributed by atoms with van der Waals surface area (Å²) in [5, 5.41) is 0. The Morgan fingerprint density at radius 3 is 2.00 bits per heavy atom. The minimum absolute atomic E-state index is 0.895. The van der Waals surface area contributed by atoms with Gasteiger partial charge in [0.15, 0.2) is 0 Å². The molecule has 0 saturated heterocycles. The van der Waals surface area contributed by atoms with Crippen LogP contribution in [0.5, 0.6) is 0 Å². The molecule has 0 N–H and O–H groups in total. The molecule has 0 aromatic carbocycles. The highest BCUT2D eigenvalue weighted by molar-refractivity contribution is 4.81. The Bertz CT molecular complexity index is 159. The molecule has 0 aliphatic heterocycles. The fourth-order valence-electron chi connectivity index (χ4n) is 3.01. The maximum Gasteiger partial charge on any atom is 0.0121 e. The Morgan fingerprint density at radius 1 is 0.938 bits per heavy atom. The van der Waals surface area contributed by atoms with Crippen molar-refractivity contribution in [2.75, 3.05) is 13.1 Å². The topological polar surface area (TPSA) is 3.24 Å². The van der Waals surface area contributed by atoms with Gasteiger partial charge in [-0.3, -0.25) is 0 Å². The van der Waals surface area contributed by atoms with Gasteiger partial charge in [0, 0.05) is 6.04 Å². The van der Waals surface area contributed by atoms with E-state index in [1.807, 2.05) is 0 Å². The summed E-state index contributed by atoms with van der Waals surface area (Å²) >= 11 is 0. The zero-order chi connectivity index (χ0) is 11.8. The standard InChI is InChI=1S/C15H31N/c1-4-6-12-16(13-7-5-2)15-11-9-8-10-14(15)3/h14-15H,4-13H2,1-3H3/t14-,15-/m0/s1. The van der Waals surface area contributed by atoms with Crippen LogP contribution in [0.15, 0.2) is 0 Å². The molecule has 0 aromatic rings. The van der Waals surface area contributed by atoms with Crippen molar-refractivity contribution in [1.82, 2.24) is 4.90 Å². The molecule has 2 atom stereocenters. The van der Waals surface area contributed by atoms with Crippen molar-refractivity contribution in [1.29, 1.82) is 0 Å². The molecular weight excluding hydrogens is 194 g/mol. The first kappa shape index (κ1) is 14.0. The third-order valence-electron chi connectivity index (χ3n) is 4.13. The minimum Gasteiger partial charge on any atom is -0.300 e. The van der Waals surface area contributed by atoms with Crippen LogP contribution in [-0.4, -0.2) is 24.0 Å². The first-order valence-corrected chi connectivity index (χ1v) is 7.53. The lowest BCUT2D eigenvalue weighted by molar-refractivity contribution is 0.108. The number of unbranched alkanes of at least 4 members (excludes halogenated alkanes) is 2. The highest BCUT2D eigenvalue weighted by atomic mass is 15.2. The summed E-state index contributed by atoms with van der Waals surface area (Å²) in [6, 6.07) is 0.895. The summed E-state index contributed by atoms with van der Waals surface area (Å²) in [6.07, 6.45) is 11.3. The monoisotopic (exact) mass is 225 g/mol. The van der Waals surface area contributed by atoms with Crippen LogP contribution in [-0.2, 0) is 0 Å². The molecule has 1 aliphatic carbocycles. The molecular formula is C15H31N. The number of rotatable bonds is 7. The van der Waals surface area contributed by atoms with E-state index in [1.165, 1.54) is 64.5 Å². The smallest absolute Gasteiger partial charge is 0.0121 e. The predicted molar refractivity (Wildman–Crippen MR) is 72.8 cm³/mol. The van der Waals surface area contributed by atoms with Gasteiger partial charge in [-0.05, 0) is 44.7 Å². The van der Waals surface area contributed by atoms with Crippen LogP contribution >= 0.6 is 0 Å². The van der Waals surface area contributed by atoms with Gasteiger partial charge in [-0.2, -0.15) is 0 Å². The van der Waals surface area contributed by atoms with Crippen molar-refractivity contribution in [3.8, 4) is 0 Å². The van der Waals surface area contributed by atoms with Gasteiger partial charge < -0.3 is 4.90 Å². The molecule has 16 heavy (non-hydrogen) atoms. The first-order valence-electron chi connectivity index (χ1n) is 7.53. The Labute approximate surface area is 103 Å². The first-order chi connectivity index (χ1) is 7.79. The van der Waals surface area contributed by atoms with Gasteiger partial charge in [0.05, 0.1) is 0 Å². The lowest BCUT2D eigenvalue weighted by Gasteiger charge is -2.38. The molecule has 0 aromatic heterocycles. The highest BCUT2D eigenvalue weighted by Gasteiger charge is 2.26. The van der Waals surface area contributed by atoms with Crippen molar-refractivity contribution < 1.29 is 0 Å². The van der Waals surface area contributed by atoms with Crippen molar-refractivity contribution >= 4 is 0 Å². The fraction of sp³-hybridized carbons (Fsp3) is 1.00. The van der Waals surface area contributed by atoms with Gasteiger partial charge in [0.2, 0.25) is 0 Å². The van der Waals surface area contributed by atoms with Gasteiger partial charge in [-0.15, -0.1) is 0 Å². The molecule has 0 spiro atoms. The molecule has 0 heterocycles. The SMILES string of the molecule is CCCCN(CCCC)[C@H]1CCCC[C@@H]1C. The Balaban J connectivity index is 2.44. The van der Waals surface area contributed by atoms with E-state index in [4.69, 9.17) is 0 Å². The second-order valence-electron chi connectivity index (χ2n) is 5.57. The van der Waals surface area contributed by atoms with Crippen molar-refractivity contribution in [3.63, 3.8) is 0 Å². The highest BCUT2D eigenvalue weighted by Crippen LogP contribution is 2.28. The molecule has 1 fully saturated rings. The lowest BCUT2D eigenvalue weighted by Crippen LogP contribution is -2.42. The molecule has 0 bridgehead atoms. The summed E-state index contributed by atoms with van der Waals surface area (Å²) in [4.78, 5) is 2.80. The fourth-order valence-corrected chi connectivity index (χ4v) is 3.01. The zero-order valence-corrected chi connectivity index (χ0v) is 11.7. The van der Waals surface area contributed by atoms with Crippen molar-refractivity contribution in [3.05, 3.63) is 0 Å². The van der Waals surface area contributed by atoms with Crippen LogP contribution in [0.1, 0.15) is 72.1 Å². The van der Waals surface area contributed by atoms with E-state index < -0.39 is 0 Å². The summed E-state index contributed by atoms with van der Waals surface area (Å²) in [5.74, 6) is 0.933. The molecule has 0 radical (unpaired) electrons. The Kier molecular flexibility index (Phi) is 7.11. The Hall–Kier alpha value is -0.0400. The van der Waals surface area contributed by atoms with Crippen LogP contribution < -0.4 is 0 Å². The van der Waals surface area contributed by atoms with E-state index in [1.54, 1.807) is 0 Å². The third-order valence-corrected chi connectivity index (χ3v) is 4.13. The van der Waals surface area contributed by atoms with Crippen molar-refractivity contribution in [2.24, 2.45) is 5.92 Å². The third kappa shape index (κ3) is 4.45. The molecule has 1 aliphatic rings. The van der Waals surface area contributed by atoms with Gasteiger partial charge in [0.25, 0.3) is 0 Å². The average Bonchev–Trinajstić information content (AvgIpc) is 2.31. The summed E-state index contributed by atoms with van der Waals surface area (Å²) in [7, 11) is 0. The van der Waals surface area contributed by atoms with E-state index in [2.05, 4.69) is 25.7 Å². The molecule has 1 heteroatoms. The summed E-state index contributed by atoms with van der Waals surface area (Å²) < 4.78 is 0. The molecule has 1 saturated carbocycles. The second kappa shape index (κ2) is 8.11. The molecule has 1 nitrogen and oxygen atoms in total. The van der Waals surface area contributed by atoms with E-state index in [-0.39, 0.29) is 0 Å². The van der Waals surface area contributed by atoms with Crippen LogP contribution in [0, 0.1) is 5.92 Å². The number of nitrogens with zero attached hydrogens (tertiary/aromatic N) is 1. The van der Waals surface area contributed by atoms with E-state index >= 15 is 0 Å². The second-order valence-corrected chi connectivity index (χ2v) is 5.57. The average molecular weight is 225 g/mol. The van der Waals surface area contributed by atoms with Gasteiger partial charge in [0.1, 0.15) is 0 Å². The van der Waals surface area contributed by atoms with Gasteiger partial charge >= 0.3 is 0 Å². The summed E-state index contributed by atoms with van der Waals surface area (Å²) in [5.41, 5.74) is 0. The van der Waals surface area contributed by atoms with E-state index in [0.717, 1.165) is 12.0 Å². The Morgan fingerprint density at radius 2 is 1.50 bits per heavy atom.